The summed E-state index contributed by atoms with van der Waals surface area (Å²) in [5, 5.41) is 10.5. The number of aromatic nitrogens is 2. The van der Waals surface area contributed by atoms with Crippen molar-refractivity contribution in [3.8, 4) is 11.4 Å². The minimum absolute atomic E-state index is 0.214. The van der Waals surface area contributed by atoms with Gasteiger partial charge < -0.3 is 15.4 Å². The molecule has 0 aliphatic rings. The molecule has 0 aliphatic carbocycles. The number of amides is 1. The Balaban J connectivity index is 2.08. The Morgan fingerprint density at radius 3 is 2.62 bits per heavy atom. The van der Waals surface area contributed by atoms with Crippen LogP contribution in [-0.4, -0.2) is 41.9 Å². The van der Waals surface area contributed by atoms with Gasteiger partial charge in [-0.15, -0.1) is 0 Å². The van der Waals surface area contributed by atoms with Gasteiger partial charge in [-0.3, -0.25) is 4.79 Å². The SMILES string of the molecule is CCCNCCNC(=O)c1nn(-c2ccccc2)cc1OCCC. The molecule has 0 saturated heterocycles. The van der Waals surface area contributed by atoms with Gasteiger partial charge in [0.25, 0.3) is 5.91 Å². The lowest BCUT2D eigenvalue weighted by atomic mass is 10.3. The molecule has 0 fully saturated rings. The number of benzene rings is 1. The fourth-order valence-corrected chi connectivity index (χ4v) is 2.20. The number of nitrogens with one attached hydrogen (secondary N) is 2. The molecule has 0 bridgehead atoms. The second-order valence-electron chi connectivity index (χ2n) is 5.48. The minimum atomic E-state index is -0.214. The van der Waals surface area contributed by atoms with Crippen molar-refractivity contribution < 1.29 is 9.53 Å². The van der Waals surface area contributed by atoms with Crippen LogP contribution in [0, 0.1) is 0 Å². The predicted octanol–water partition coefficient (Wildman–Crippen LogP) is 2.39. The van der Waals surface area contributed by atoms with E-state index in [-0.39, 0.29) is 5.91 Å². The van der Waals surface area contributed by atoms with Crippen LogP contribution in [0.15, 0.2) is 36.5 Å². The monoisotopic (exact) mass is 330 g/mol. The van der Waals surface area contributed by atoms with E-state index < -0.39 is 0 Å². The highest BCUT2D eigenvalue weighted by atomic mass is 16.5. The zero-order valence-corrected chi connectivity index (χ0v) is 14.4. The van der Waals surface area contributed by atoms with Crippen molar-refractivity contribution in [1.29, 1.82) is 0 Å². The predicted molar refractivity (Wildman–Crippen MR) is 94.8 cm³/mol. The van der Waals surface area contributed by atoms with Crippen LogP contribution in [0.4, 0.5) is 0 Å². The first-order chi connectivity index (χ1) is 11.8. The van der Waals surface area contributed by atoms with Crippen LogP contribution < -0.4 is 15.4 Å². The summed E-state index contributed by atoms with van der Waals surface area (Å²) in [4.78, 5) is 12.4. The van der Waals surface area contributed by atoms with Gasteiger partial charge in [-0.2, -0.15) is 5.10 Å². The zero-order chi connectivity index (χ0) is 17.2. The zero-order valence-electron chi connectivity index (χ0n) is 14.4. The molecular weight excluding hydrogens is 304 g/mol. The van der Waals surface area contributed by atoms with Crippen LogP contribution in [-0.2, 0) is 0 Å². The van der Waals surface area contributed by atoms with Gasteiger partial charge in [0.05, 0.1) is 18.5 Å². The Hall–Kier alpha value is -2.34. The summed E-state index contributed by atoms with van der Waals surface area (Å²) in [5.41, 5.74) is 1.21. The number of rotatable bonds is 10. The molecular formula is C18H26N4O2. The largest absolute Gasteiger partial charge is 0.489 e. The van der Waals surface area contributed by atoms with Crippen molar-refractivity contribution >= 4 is 5.91 Å². The van der Waals surface area contributed by atoms with E-state index in [1.165, 1.54) is 0 Å². The molecule has 0 atom stereocenters. The molecule has 1 aromatic heterocycles. The normalized spacial score (nSPS) is 10.6. The van der Waals surface area contributed by atoms with Crippen molar-refractivity contribution in [3.63, 3.8) is 0 Å². The summed E-state index contributed by atoms with van der Waals surface area (Å²) in [6.07, 6.45) is 3.71. The number of nitrogens with zero attached hydrogens (tertiary/aromatic N) is 2. The minimum Gasteiger partial charge on any atom is -0.489 e. The quantitative estimate of drug-likeness (QED) is 0.656. The molecule has 6 nitrogen and oxygen atoms in total. The Morgan fingerprint density at radius 2 is 1.92 bits per heavy atom. The second kappa shape index (κ2) is 9.72. The molecule has 0 aliphatic heterocycles. The number of hydrogen-bond acceptors (Lipinski definition) is 4. The molecule has 1 heterocycles. The number of hydrogen-bond donors (Lipinski definition) is 2. The van der Waals surface area contributed by atoms with Crippen molar-refractivity contribution in [3.05, 3.63) is 42.2 Å². The third kappa shape index (κ3) is 5.09. The molecule has 2 rings (SSSR count). The van der Waals surface area contributed by atoms with E-state index in [2.05, 4.69) is 22.7 Å². The van der Waals surface area contributed by atoms with E-state index in [1.807, 2.05) is 37.3 Å². The third-order valence-corrected chi connectivity index (χ3v) is 3.39. The Kier molecular flexibility index (Phi) is 7.29. The number of para-hydroxylation sites is 1. The Labute approximate surface area is 143 Å². The van der Waals surface area contributed by atoms with Crippen molar-refractivity contribution in [2.24, 2.45) is 0 Å². The molecule has 0 unspecified atom stereocenters. The van der Waals surface area contributed by atoms with E-state index in [4.69, 9.17) is 4.74 Å². The van der Waals surface area contributed by atoms with E-state index in [0.717, 1.165) is 31.6 Å². The van der Waals surface area contributed by atoms with Gasteiger partial charge in [0.2, 0.25) is 0 Å². The standard InChI is InChI=1S/C18H26N4O2/c1-3-10-19-11-12-20-18(23)17-16(24-13-4-2)14-22(21-17)15-8-6-5-7-9-15/h5-9,14,19H,3-4,10-13H2,1-2H3,(H,20,23). The van der Waals surface area contributed by atoms with Gasteiger partial charge >= 0.3 is 0 Å². The van der Waals surface area contributed by atoms with E-state index in [1.54, 1.807) is 10.9 Å². The van der Waals surface area contributed by atoms with Crippen LogP contribution in [0.2, 0.25) is 0 Å². The van der Waals surface area contributed by atoms with Crippen molar-refractivity contribution in [2.75, 3.05) is 26.2 Å². The molecule has 1 amide bonds. The lowest BCUT2D eigenvalue weighted by Gasteiger charge is -2.06. The Bertz CT molecular complexity index is 625. The van der Waals surface area contributed by atoms with Gasteiger partial charge in [-0.1, -0.05) is 32.0 Å². The topological polar surface area (TPSA) is 68.2 Å². The molecule has 1 aromatic carbocycles. The van der Waals surface area contributed by atoms with E-state index in [9.17, 15) is 4.79 Å². The summed E-state index contributed by atoms with van der Waals surface area (Å²) in [5.74, 6) is 0.300. The van der Waals surface area contributed by atoms with E-state index >= 15 is 0 Å². The highest BCUT2D eigenvalue weighted by Gasteiger charge is 2.18. The van der Waals surface area contributed by atoms with Crippen LogP contribution in [0.1, 0.15) is 37.2 Å². The highest BCUT2D eigenvalue weighted by molar-refractivity contribution is 5.94. The fourth-order valence-electron chi connectivity index (χ4n) is 2.20. The van der Waals surface area contributed by atoms with Crippen molar-refractivity contribution in [2.45, 2.75) is 26.7 Å². The van der Waals surface area contributed by atoms with Gasteiger partial charge in [0, 0.05) is 13.1 Å². The first-order valence-electron chi connectivity index (χ1n) is 8.53. The number of carbonyl (C=O) groups excluding carboxylic acids is 1. The Morgan fingerprint density at radius 1 is 1.12 bits per heavy atom. The first kappa shape index (κ1) is 18.0. The molecule has 0 saturated carbocycles. The number of carbonyl (C=O) groups is 1. The average Bonchev–Trinajstić information content (AvgIpc) is 3.04. The molecule has 2 N–H and O–H groups in total. The van der Waals surface area contributed by atoms with Crippen LogP contribution >= 0.6 is 0 Å². The highest BCUT2D eigenvalue weighted by Crippen LogP contribution is 2.20. The summed E-state index contributed by atoms with van der Waals surface area (Å²) in [6, 6.07) is 9.68. The number of ether oxygens (including phenoxy) is 1. The fraction of sp³-hybridized carbons (Fsp3) is 0.444. The summed E-state index contributed by atoms with van der Waals surface area (Å²) in [7, 11) is 0. The maximum absolute atomic E-state index is 12.4. The van der Waals surface area contributed by atoms with Crippen LogP contribution in [0.5, 0.6) is 5.75 Å². The molecule has 130 valence electrons. The van der Waals surface area contributed by atoms with Crippen LogP contribution in [0.3, 0.4) is 0 Å². The molecule has 24 heavy (non-hydrogen) atoms. The smallest absolute Gasteiger partial charge is 0.275 e. The van der Waals surface area contributed by atoms with Gasteiger partial charge in [0.15, 0.2) is 11.4 Å². The third-order valence-electron chi connectivity index (χ3n) is 3.39. The maximum Gasteiger partial charge on any atom is 0.275 e. The van der Waals surface area contributed by atoms with Gasteiger partial charge in [-0.25, -0.2) is 4.68 Å². The average molecular weight is 330 g/mol. The first-order valence-corrected chi connectivity index (χ1v) is 8.53. The molecule has 2 aromatic rings. The lowest BCUT2D eigenvalue weighted by molar-refractivity contribution is 0.0944. The van der Waals surface area contributed by atoms with Gasteiger partial charge in [-0.05, 0) is 31.5 Å². The van der Waals surface area contributed by atoms with Crippen LogP contribution in [0.25, 0.3) is 5.69 Å². The summed E-state index contributed by atoms with van der Waals surface area (Å²) >= 11 is 0. The van der Waals surface area contributed by atoms with Crippen molar-refractivity contribution in [1.82, 2.24) is 20.4 Å². The summed E-state index contributed by atoms with van der Waals surface area (Å²) in [6.45, 7) is 6.94. The van der Waals surface area contributed by atoms with Gasteiger partial charge in [0.1, 0.15) is 0 Å². The molecule has 0 spiro atoms. The summed E-state index contributed by atoms with van der Waals surface area (Å²) < 4.78 is 7.37. The maximum atomic E-state index is 12.4. The molecule has 0 radical (unpaired) electrons. The lowest BCUT2D eigenvalue weighted by Crippen LogP contribution is -2.32. The van der Waals surface area contributed by atoms with E-state index in [0.29, 0.717) is 24.6 Å². The second-order valence-corrected chi connectivity index (χ2v) is 5.48. The molecule has 6 heteroatoms.